The van der Waals surface area contributed by atoms with Gasteiger partial charge in [0.25, 0.3) is 0 Å². The smallest absolute Gasteiger partial charge is 0.157 e. The number of nitrogens with one attached hydrogen (secondary N) is 1. The molecule has 90 valence electrons. The molecule has 5 nitrogen and oxygen atoms in total. The van der Waals surface area contributed by atoms with E-state index in [2.05, 4.69) is 28.4 Å². The molecule has 0 aromatic carbocycles. The zero-order chi connectivity index (χ0) is 11.8. The van der Waals surface area contributed by atoms with Crippen LogP contribution in [0.5, 0.6) is 0 Å². The van der Waals surface area contributed by atoms with Crippen LogP contribution in [0.1, 0.15) is 18.4 Å². The van der Waals surface area contributed by atoms with Gasteiger partial charge >= 0.3 is 0 Å². The number of rotatable bonds is 3. The van der Waals surface area contributed by atoms with Crippen LogP contribution in [-0.2, 0) is 0 Å². The molecule has 0 bridgehead atoms. The lowest BCUT2D eigenvalue weighted by Crippen LogP contribution is -2.39. The highest BCUT2D eigenvalue weighted by molar-refractivity contribution is 5.51. The fraction of sp³-hybridized carbons (Fsp3) is 0.500. The lowest BCUT2D eigenvalue weighted by molar-refractivity contribution is 0.280. The molecule has 1 fully saturated rings. The number of hydrogen-bond donors (Lipinski definition) is 2. The lowest BCUT2D eigenvalue weighted by Gasteiger charge is -2.32. The second-order valence-electron chi connectivity index (χ2n) is 4.93. The Morgan fingerprint density at radius 1 is 1.47 bits per heavy atom. The van der Waals surface area contributed by atoms with Crippen molar-refractivity contribution in [2.24, 2.45) is 11.7 Å². The first-order valence-electron chi connectivity index (χ1n) is 6.02. The Morgan fingerprint density at radius 3 is 3.06 bits per heavy atom. The maximum absolute atomic E-state index is 5.78. The Bertz CT molecular complexity index is 527. The van der Waals surface area contributed by atoms with E-state index in [4.69, 9.17) is 5.73 Å². The maximum Gasteiger partial charge on any atom is 0.157 e. The zero-order valence-electron chi connectivity index (χ0n) is 9.93. The second-order valence-corrected chi connectivity index (χ2v) is 4.93. The van der Waals surface area contributed by atoms with E-state index in [0.29, 0.717) is 12.0 Å². The normalized spacial score (nSPS) is 23.6. The van der Waals surface area contributed by atoms with Crippen LogP contribution in [0, 0.1) is 12.8 Å². The van der Waals surface area contributed by atoms with Gasteiger partial charge in [-0.25, -0.2) is 4.98 Å². The molecule has 0 amide bonds. The highest BCUT2D eigenvalue weighted by Gasteiger charge is 2.25. The first-order chi connectivity index (χ1) is 8.22. The van der Waals surface area contributed by atoms with E-state index < -0.39 is 0 Å². The molecule has 0 atom stereocenters. The fourth-order valence-electron chi connectivity index (χ4n) is 2.39. The highest BCUT2D eigenvalue weighted by Crippen LogP contribution is 2.26. The topological polar surface area (TPSA) is 68.2 Å². The van der Waals surface area contributed by atoms with Gasteiger partial charge < -0.3 is 11.1 Å². The third-order valence-electron chi connectivity index (χ3n) is 3.37. The Morgan fingerprint density at radius 2 is 2.29 bits per heavy atom. The van der Waals surface area contributed by atoms with Crippen LogP contribution in [0.15, 0.2) is 18.5 Å². The van der Waals surface area contributed by atoms with E-state index in [9.17, 15) is 0 Å². The number of pyridine rings is 1. The quantitative estimate of drug-likeness (QED) is 0.832. The van der Waals surface area contributed by atoms with Gasteiger partial charge in [-0.3, -0.25) is 0 Å². The molecule has 0 saturated heterocycles. The van der Waals surface area contributed by atoms with Crippen molar-refractivity contribution in [2.45, 2.75) is 25.8 Å². The van der Waals surface area contributed by atoms with Gasteiger partial charge in [-0.05, 0) is 43.4 Å². The van der Waals surface area contributed by atoms with Crippen LogP contribution >= 0.6 is 0 Å². The molecule has 3 rings (SSSR count). The van der Waals surface area contributed by atoms with E-state index in [0.717, 1.165) is 30.9 Å². The monoisotopic (exact) mass is 231 g/mol. The van der Waals surface area contributed by atoms with E-state index in [1.165, 1.54) is 5.56 Å². The van der Waals surface area contributed by atoms with Gasteiger partial charge in [-0.1, -0.05) is 0 Å². The summed E-state index contributed by atoms with van der Waals surface area (Å²) in [6, 6.07) is 4.53. The predicted molar refractivity (Wildman–Crippen MR) is 66.9 cm³/mol. The van der Waals surface area contributed by atoms with Crippen molar-refractivity contribution in [2.75, 3.05) is 11.9 Å². The number of aryl methyl sites for hydroxylation is 1. The van der Waals surface area contributed by atoms with Crippen molar-refractivity contribution in [1.29, 1.82) is 0 Å². The molecule has 0 radical (unpaired) electrons. The summed E-state index contributed by atoms with van der Waals surface area (Å²) in [6.07, 6.45) is 3.83. The number of fused-ring (bicyclic) bond motifs is 1. The molecular weight excluding hydrogens is 214 g/mol. The van der Waals surface area contributed by atoms with Crippen LogP contribution in [0.2, 0.25) is 0 Å². The minimum atomic E-state index is 0.408. The van der Waals surface area contributed by atoms with Crippen molar-refractivity contribution in [3.05, 3.63) is 24.0 Å². The van der Waals surface area contributed by atoms with Gasteiger partial charge in [0.05, 0.1) is 0 Å². The van der Waals surface area contributed by atoms with Gasteiger partial charge in [0.15, 0.2) is 5.65 Å². The first-order valence-corrected chi connectivity index (χ1v) is 6.02. The fourth-order valence-corrected chi connectivity index (χ4v) is 2.39. The molecule has 2 heterocycles. The Hall–Kier alpha value is -1.62. The minimum Gasteiger partial charge on any atom is -0.370 e. The van der Waals surface area contributed by atoms with Gasteiger partial charge in [0.2, 0.25) is 0 Å². The number of nitrogens with zero attached hydrogens (tertiary/aromatic N) is 3. The molecule has 0 unspecified atom stereocenters. The van der Waals surface area contributed by atoms with Crippen LogP contribution in [0.4, 0.5) is 5.82 Å². The number of aromatic nitrogens is 3. The molecule has 2 aromatic heterocycles. The SMILES string of the molecule is Cc1cc(NCC2CC(N)C2)n2ncnc2c1. The Labute approximate surface area is 100 Å². The Kier molecular flexibility index (Phi) is 2.48. The summed E-state index contributed by atoms with van der Waals surface area (Å²) in [4.78, 5) is 4.21. The molecule has 3 N–H and O–H groups in total. The summed E-state index contributed by atoms with van der Waals surface area (Å²) in [6.45, 7) is 3.03. The molecule has 5 heteroatoms. The summed E-state index contributed by atoms with van der Waals surface area (Å²) in [5.41, 5.74) is 7.86. The molecule has 1 aliphatic rings. The molecule has 2 aromatic rings. The highest BCUT2D eigenvalue weighted by atomic mass is 15.3. The largest absolute Gasteiger partial charge is 0.370 e. The van der Waals surface area contributed by atoms with Crippen molar-refractivity contribution in [3.63, 3.8) is 0 Å². The number of hydrogen-bond acceptors (Lipinski definition) is 4. The van der Waals surface area contributed by atoms with Crippen molar-refractivity contribution < 1.29 is 0 Å². The summed E-state index contributed by atoms with van der Waals surface area (Å²) in [5.74, 6) is 1.71. The van der Waals surface area contributed by atoms with E-state index >= 15 is 0 Å². The van der Waals surface area contributed by atoms with Crippen LogP contribution in [0.25, 0.3) is 5.65 Å². The molecule has 1 aliphatic carbocycles. The van der Waals surface area contributed by atoms with E-state index in [-0.39, 0.29) is 0 Å². The molecular formula is C12H17N5. The molecule has 0 spiro atoms. The molecule has 1 saturated carbocycles. The maximum atomic E-state index is 5.78. The second kappa shape index (κ2) is 4.00. The van der Waals surface area contributed by atoms with Gasteiger partial charge in [-0.15, -0.1) is 0 Å². The van der Waals surface area contributed by atoms with Crippen LogP contribution in [-0.4, -0.2) is 27.2 Å². The van der Waals surface area contributed by atoms with Crippen molar-refractivity contribution >= 4 is 11.5 Å². The average molecular weight is 231 g/mol. The summed E-state index contributed by atoms with van der Waals surface area (Å²) >= 11 is 0. The Balaban J connectivity index is 1.77. The molecule has 0 aliphatic heterocycles. The predicted octanol–water partition coefficient (Wildman–Crippen LogP) is 1.19. The standard InChI is InChI=1S/C12H17N5/c1-8-2-11(14-6-9-4-10(13)5-9)17-12(3-8)15-7-16-17/h2-3,7,9-10,14H,4-6,13H2,1H3. The van der Waals surface area contributed by atoms with E-state index in [1.54, 1.807) is 6.33 Å². The van der Waals surface area contributed by atoms with Crippen LogP contribution in [0.3, 0.4) is 0 Å². The minimum absolute atomic E-state index is 0.408. The van der Waals surface area contributed by atoms with Gasteiger partial charge in [-0.2, -0.15) is 9.61 Å². The summed E-state index contributed by atoms with van der Waals surface area (Å²) in [7, 11) is 0. The van der Waals surface area contributed by atoms with Crippen molar-refractivity contribution in [3.8, 4) is 0 Å². The summed E-state index contributed by atoms with van der Waals surface area (Å²) in [5, 5.41) is 7.66. The third kappa shape index (κ3) is 1.98. The van der Waals surface area contributed by atoms with E-state index in [1.807, 2.05) is 10.6 Å². The zero-order valence-corrected chi connectivity index (χ0v) is 9.93. The van der Waals surface area contributed by atoms with Gasteiger partial charge in [0.1, 0.15) is 12.1 Å². The average Bonchev–Trinajstić information content (AvgIpc) is 2.70. The van der Waals surface area contributed by atoms with Gasteiger partial charge in [0, 0.05) is 12.6 Å². The number of nitrogens with two attached hydrogens (primary N) is 1. The molecule has 17 heavy (non-hydrogen) atoms. The summed E-state index contributed by atoms with van der Waals surface area (Å²) < 4.78 is 1.84. The number of anilines is 1. The van der Waals surface area contributed by atoms with Crippen molar-refractivity contribution in [1.82, 2.24) is 14.6 Å². The first kappa shape index (κ1) is 10.5. The lowest BCUT2D eigenvalue weighted by atomic mass is 9.81. The van der Waals surface area contributed by atoms with Crippen LogP contribution < -0.4 is 11.1 Å². The third-order valence-corrected chi connectivity index (χ3v) is 3.37.